The first-order valence-electron chi connectivity index (χ1n) is 10.3. The maximum absolute atomic E-state index is 12.0. The molecule has 0 unspecified atom stereocenters. The molecule has 3 rings (SSSR count). The smallest absolute Gasteiger partial charge is 0.262 e. The average Bonchev–Trinajstić information content (AvgIpc) is 2.81. The summed E-state index contributed by atoms with van der Waals surface area (Å²) in [5.41, 5.74) is 5.07. The third kappa shape index (κ3) is 8.63. The number of hydrazone groups is 1. The minimum Gasteiger partial charge on any atom is -0.484 e. The first-order chi connectivity index (χ1) is 16.0. The van der Waals surface area contributed by atoms with Gasteiger partial charge in [-0.3, -0.25) is 9.59 Å². The van der Waals surface area contributed by atoms with Crippen molar-refractivity contribution in [3.8, 4) is 5.75 Å². The second kappa shape index (κ2) is 12.7. The Balaban J connectivity index is 1.36. The summed E-state index contributed by atoms with van der Waals surface area (Å²) in [6.45, 7) is 1.90. The van der Waals surface area contributed by atoms with Gasteiger partial charge < -0.3 is 10.1 Å². The van der Waals surface area contributed by atoms with Crippen LogP contribution in [0.25, 0.3) is 0 Å². The largest absolute Gasteiger partial charge is 0.484 e. The van der Waals surface area contributed by atoms with Crippen molar-refractivity contribution < 1.29 is 14.3 Å². The Kier molecular flexibility index (Phi) is 9.35. The number of hydrogen-bond acceptors (Lipinski definition) is 5. The number of nitrogens with one attached hydrogen (secondary N) is 2. The lowest BCUT2D eigenvalue weighted by molar-refractivity contribution is -0.120. The van der Waals surface area contributed by atoms with Crippen LogP contribution < -0.4 is 15.5 Å². The van der Waals surface area contributed by atoms with E-state index in [0.29, 0.717) is 28.6 Å². The molecule has 0 aliphatic heterocycles. The highest BCUT2D eigenvalue weighted by molar-refractivity contribution is 7.99. The van der Waals surface area contributed by atoms with Crippen molar-refractivity contribution in [1.29, 1.82) is 0 Å². The number of carbonyl (C=O) groups excluding carboxylic acids is 2. The van der Waals surface area contributed by atoms with E-state index < -0.39 is 0 Å². The van der Waals surface area contributed by atoms with Gasteiger partial charge in [0.15, 0.2) is 6.61 Å². The molecule has 6 nitrogen and oxygen atoms in total. The van der Waals surface area contributed by atoms with Gasteiger partial charge >= 0.3 is 0 Å². The van der Waals surface area contributed by atoms with E-state index in [1.54, 1.807) is 66.5 Å². The summed E-state index contributed by atoms with van der Waals surface area (Å²) in [5, 5.41) is 7.15. The summed E-state index contributed by atoms with van der Waals surface area (Å²) in [4.78, 5) is 25.1. The minimum atomic E-state index is -0.308. The van der Waals surface area contributed by atoms with E-state index in [9.17, 15) is 9.59 Å². The Morgan fingerprint density at radius 3 is 2.45 bits per heavy atom. The third-order valence-electron chi connectivity index (χ3n) is 4.42. The lowest BCUT2D eigenvalue weighted by Gasteiger charge is -2.08. The lowest BCUT2D eigenvalue weighted by atomic mass is 10.2. The molecule has 3 aromatic rings. The molecule has 0 aliphatic carbocycles. The number of hydrogen-bond donors (Lipinski definition) is 2. The van der Waals surface area contributed by atoms with Crippen molar-refractivity contribution in [2.45, 2.75) is 18.2 Å². The number of carbonyl (C=O) groups is 2. The molecule has 0 spiro atoms. The second-order valence-electron chi connectivity index (χ2n) is 7.09. The van der Waals surface area contributed by atoms with E-state index >= 15 is 0 Å². The molecule has 0 heterocycles. The van der Waals surface area contributed by atoms with Gasteiger partial charge in [-0.2, -0.15) is 5.10 Å². The maximum Gasteiger partial charge on any atom is 0.262 e. The molecule has 0 fully saturated rings. The van der Waals surface area contributed by atoms with Gasteiger partial charge in [0, 0.05) is 17.1 Å². The zero-order chi connectivity index (χ0) is 23.5. The molecule has 2 N–H and O–H groups in total. The van der Waals surface area contributed by atoms with Crippen LogP contribution in [0.2, 0.25) is 5.02 Å². The third-order valence-corrected chi connectivity index (χ3v) is 5.76. The molecule has 0 bridgehead atoms. The van der Waals surface area contributed by atoms with Gasteiger partial charge in [0.1, 0.15) is 5.75 Å². The first kappa shape index (κ1) is 24.4. The highest BCUT2D eigenvalue weighted by Crippen LogP contribution is 2.20. The van der Waals surface area contributed by atoms with Crippen LogP contribution in [-0.2, 0) is 9.59 Å². The van der Waals surface area contributed by atoms with E-state index in [0.717, 1.165) is 10.5 Å². The van der Waals surface area contributed by atoms with Gasteiger partial charge in [-0.25, -0.2) is 5.43 Å². The van der Waals surface area contributed by atoms with Crippen LogP contribution in [-0.4, -0.2) is 30.4 Å². The summed E-state index contributed by atoms with van der Waals surface area (Å²) in [6, 6.07) is 22.2. The Morgan fingerprint density at radius 2 is 1.73 bits per heavy atom. The Hall–Kier alpha value is -3.29. The van der Waals surface area contributed by atoms with Gasteiger partial charge in [-0.1, -0.05) is 41.4 Å². The topological polar surface area (TPSA) is 79.8 Å². The number of halogens is 1. The number of anilines is 1. The highest BCUT2D eigenvalue weighted by atomic mass is 35.5. The summed E-state index contributed by atoms with van der Waals surface area (Å²) in [5.74, 6) is 0.770. The van der Waals surface area contributed by atoms with Crippen molar-refractivity contribution in [3.63, 3.8) is 0 Å². The first-order valence-corrected chi connectivity index (χ1v) is 11.6. The maximum atomic E-state index is 12.0. The van der Waals surface area contributed by atoms with E-state index in [4.69, 9.17) is 16.3 Å². The van der Waals surface area contributed by atoms with Crippen molar-refractivity contribution >= 4 is 47.1 Å². The van der Waals surface area contributed by atoms with Crippen LogP contribution in [0.15, 0.2) is 82.8 Å². The van der Waals surface area contributed by atoms with Crippen molar-refractivity contribution in [3.05, 3.63) is 88.9 Å². The van der Waals surface area contributed by atoms with Gasteiger partial charge in [0.25, 0.3) is 5.91 Å². The SMILES string of the molecule is Cc1ccc(SCCC(=O)N/N=C\c2ccc(OCC(=O)Nc3ccccc3Cl)cc2)cc1. The molecule has 0 aliphatic rings. The number of thioether (sulfide) groups is 1. The predicted octanol–water partition coefficient (Wildman–Crippen LogP) is 5.30. The molecule has 8 heteroatoms. The van der Waals surface area contributed by atoms with E-state index in [2.05, 4.69) is 40.1 Å². The minimum absolute atomic E-state index is 0.143. The predicted molar refractivity (Wildman–Crippen MR) is 134 cm³/mol. The van der Waals surface area contributed by atoms with Gasteiger partial charge in [-0.05, 0) is 61.0 Å². The van der Waals surface area contributed by atoms with E-state index in [-0.39, 0.29) is 18.4 Å². The Morgan fingerprint density at radius 1 is 1.00 bits per heavy atom. The fourth-order valence-corrected chi connectivity index (χ4v) is 3.71. The van der Waals surface area contributed by atoms with Gasteiger partial charge in [0.2, 0.25) is 5.91 Å². The molecule has 0 saturated heterocycles. The van der Waals surface area contributed by atoms with Crippen LogP contribution in [0, 0.1) is 6.92 Å². The zero-order valence-corrected chi connectivity index (χ0v) is 19.7. The zero-order valence-electron chi connectivity index (χ0n) is 18.1. The molecular weight excluding hydrogens is 458 g/mol. The number of rotatable bonds is 10. The highest BCUT2D eigenvalue weighted by Gasteiger charge is 2.06. The van der Waals surface area contributed by atoms with Crippen LogP contribution in [0.3, 0.4) is 0 Å². The van der Waals surface area contributed by atoms with Gasteiger partial charge in [0.05, 0.1) is 16.9 Å². The molecule has 33 heavy (non-hydrogen) atoms. The standard InChI is InChI=1S/C25H24ClN3O3S/c1-18-6-12-21(13-7-18)33-15-14-24(30)29-27-16-19-8-10-20(11-9-19)32-17-25(31)28-23-5-3-2-4-22(23)26/h2-13,16H,14-15,17H2,1H3,(H,28,31)(H,29,30)/b27-16-. The number of benzene rings is 3. The molecule has 170 valence electrons. The second-order valence-corrected chi connectivity index (χ2v) is 8.67. The Labute approximate surface area is 202 Å². The van der Waals surface area contributed by atoms with Crippen LogP contribution in [0.1, 0.15) is 17.5 Å². The number of ether oxygens (including phenoxy) is 1. The Bertz CT molecular complexity index is 1100. The number of para-hydroxylation sites is 1. The molecule has 0 radical (unpaired) electrons. The van der Waals surface area contributed by atoms with Crippen LogP contribution >= 0.6 is 23.4 Å². The normalized spacial score (nSPS) is 10.7. The molecule has 0 saturated carbocycles. The van der Waals surface area contributed by atoms with Crippen LogP contribution in [0.5, 0.6) is 5.75 Å². The molecule has 2 amide bonds. The van der Waals surface area contributed by atoms with Crippen LogP contribution in [0.4, 0.5) is 5.69 Å². The van der Waals surface area contributed by atoms with E-state index in [1.165, 1.54) is 5.56 Å². The molecule has 3 aromatic carbocycles. The van der Waals surface area contributed by atoms with Crippen molar-refractivity contribution in [1.82, 2.24) is 5.43 Å². The van der Waals surface area contributed by atoms with Gasteiger partial charge in [-0.15, -0.1) is 11.8 Å². The average molecular weight is 482 g/mol. The molecule has 0 aromatic heterocycles. The molecular formula is C25H24ClN3O3S. The summed E-state index contributed by atoms with van der Waals surface area (Å²) in [6.07, 6.45) is 1.93. The van der Waals surface area contributed by atoms with Crippen molar-refractivity contribution in [2.24, 2.45) is 5.10 Å². The fraction of sp³-hybridized carbons (Fsp3) is 0.160. The number of amides is 2. The fourth-order valence-electron chi connectivity index (χ4n) is 2.68. The summed E-state index contributed by atoms with van der Waals surface area (Å²) in [7, 11) is 0. The van der Waals surface area contributed by atoms with E-state index in [1.807, 2.05) is 6.92 Å². The van der Waals surface area contributed by atoms with Crippen molar-refractivity contribution in [2.75, 3.05) is 17.7 Å². The summed E-state index contributed by atoms with van der Waals surface area (Å²) >= 11 is 7.66. The molecule has 0 atom stereocenters. The monoisotopic (exact) mass is 481 g/mol. The number of aryl methyl sites for hydroxylation is 1. The summed E-state index contributed by atoms with van der Waals surface area (Å²) < 4.78 is 5.49. The quantitative estimate of drug-likeness (QED) is 0.234. The lowest BCUT2D eigenvalue weighted by Crippen LogP contribution is -2.20. The number of nitrogens with zero attached hydrogens (tertiary/aromatic N) is 1.